The van der Waals surface area contributed by atoms with Crippen LogP contribution in [0.15, 0.2) is 29.2 Å². The van der Waals surface area contributed by atoms with E-state index in [0.29, 0.717) is 24.4 Å². The van der Waals surface area contributed by atoms with Gasteiger partial charge >= 0.3 is 6.18 Å². The maximum atomic E-state index is 12.3. The number of carbonyl (C=O) groups is 2. The van der Waals surface area contributed by atoms with Crippen LogP contribution in [0.25, 0.3) is 0 Å². The molecular formula is C15H16ClF3N2O2S. The van der Waals surface area contributed by atoms with Crippen LogP contribution < -0.4 is 5.32 Å². The average Bonchev–Trinajstić information content (AvgIpc) is 3.00. The summed E-state index contributed by atoms with van der Waals surface area (Å²) in [6.45, 7) is -1.02. The third-order valence-electron chi connectivity index (χ3n) is 3.53. The first-order valence-corrected chi connectivity index (χ1v) is 8.65. The molecule has 2 rings (SSSR count). The average molecular weight is 381 g/mol. The maximum absolute atomic E-state index is 12.3. The van der Waals surface area contributed by atoms with Crippen molar-refractivity contribution in [3.8, 4) is 0 Å². The number of nitrogens with zero attached hydrogens (tertiary/aromatic N) is 1. The smallest absolute Gasteiger partial charge is 0.345 e. The van der Waals surface area contributed by atoms with Gasteiger partial charge in [-0.2, -0.15) is 13.2 Å². The fourth-order valence-corrected chi connectivity index (χ4v) is 3.55. The number of carbonyl (C=O) groups excluding carboxylic acids is 2. The fraction of sp³-hybridized carbons (Fsp3) is 0.467. The number of alkyl halides is 3. The first-order chi connectivity index (χ1) is 11.3. The molecule has 0 spiro atoms. The van der Waals surface area contributed by atoms with Crippen LogP contribution in [-0.2, 0) is 9.59 Å². The summed E-state index contributed by atoms with van der Waals surface area (Å²) in [6.07, 6.45) is -3.51. The van der Waals surface area contributed by atoms with Gasteiger partial charge in [0, 0.05) is 11.4 Å². The summed E-state index contributed by atoms with van der Waals surface area (Å²) in [6, 6.07) is 6.21. The molecular weight excluding hydrogens is 365 g/mol. The van der Waals surface area contributed by atoms with Crippen molar-refractivity contribution in [1.29, 1.82) is 0 Å². The van der Waals surface area contributed by atoms with Gasteiger partial charge in [0.05, 0.1) is 10.8 Å². The van der Waals surface area contributed by atoms with Crippen LogP contribution in [0, 0.1) is 0 Å². The lowest BCUT2D eigenvalue weighted by atomic mass is 10.2. The molecule has 1 N–H and O–H groups in total. The zero-order valence-corrected chi connectivity index (χ0v) is 14.2. The minimum absolute atomic E-state index is 0.0762. The zero-order valence-electron chi connectivity index (χ0n) is 12.6. The van der Waals surface area contributed by atoms with Crippen molar-refractivity contribution < 1.29 is 22.8 Å². The Hall–Kier alpha value is -1.41. The summed E-state index contributed by atoms with van der Waals surface area (Å²) in [4.78, 5) is 26.3. The Balaban J connectivity index is 1.91. The van der Waals surface area contributed by atoms with Gasteiger partial charge < -0.3 is 10.2 Å². The quantitative estimate of drug-likeness (QED) is 0.798. The Morgan fingerprint density at radius 1 is 1.33 bits per heavy atom. The molecule has 0 radical (unpaired) electrons. The van der Waals surface area contributed by atoms with Crippen LogP contribution in [0.5, 0.6) is 0 Å². The predicted molar refractivity (Wildman–Crippen MR) is 86.0 cm³/mol. The van der Waals surface area contributed by atoms with E-state index in [1.54, 1.807) is 24.3 Å². The number of nitrogens with one attached hydrogen (secondary N) is 1. The molecule has 1 aliphatic heterocycles. The Kier molecular flexibility index (Phi) is 6.40. The molecule has 1 unspecified atom stereocenters. The SMILES string of the molecule is O=C(NCC(F)(F)F)C1CCCN1C(=O)CSc1ccccc1Cl. The van der Waals surface area contributed by atoms with Gasteiger partial charge in [0.1, 0.15) is 12.6 Å². The molecule has 0 aromatic heterocycles. The molecule has 1 fully saturated rings. The summed E-state index contributed by atoms with van der Waals surface area (Å²) in [7, 11) is 0. The van der Waals surface area contributed by atoms with Crippen LogP contribution in [0.2, 0.25) is 5.02 Å². The Morgan fingerprint density at radius 2 is 2.04 bits per heavy atom. The van der Waals surface area contributed by atoms with Gasteiger partial charge in [-0.1, -0.05) is 23.7 Å². The molecule has 1 saturated heterocycles. The van der Waals surface area contributed by atoms with E-state index in [1.807, 2.05) is 5.32 Å². The van der Waals surface area contributed by atoms with Gasteiger partial charge in [-0.3, -0.25) is 9.59 Å². The predicted octanol–water partition coefficient (Wildman–Crippen LogP) is 3.10. The molecule has 9 heteroatoms. The van der Waals surface area contributed by atoms with E-state index in [-0.39, 0.29) is 11.7 Å². The molecule has 1 aromatic rings. The lowest BCUT2D eigenvalue weighted by Gasteiger charge is -2.24. The first kappa shape index (κ1) is 18.9. The normalized spacial score (nSPS) is 17.8. The summed E-state index contributed by atoms with van der Waals surface area (Å²) >= 11 is 7.25. The third kappa shape index (κ3) is 5.31. The highest BCUT2D eigenvalue weighted by Gasteiger charge is 2.36. The number of hydrogen-bond donors (Lipinski definition) is 1. The second kappa shape index (κ2) is 8.11. The number of benzene rings is 1. The molecule has 2 amide bonds. The molecule has 1 aliphatic rings. The number of amides is 2. The third-order valence-corrected chi connectivity index (χ3v) is 5.03. The van der Waals surface area contributed by atoms with E-state index in [0.717, 1.165) is 4.90 Å². The van der Waals surface area contributed by atoms with Crippen molar-refractivity contribution in [1.82, 2.24) is 10.2 Å². The van der Waals surface area contributed by atoms with E-state index >= 15 is 0 Å². The lowest BCUT2D eigenvalue weighted by molar-refractivity contribution is -0.144. The van der Waals surface area contributed by atoms with Crippen molar-refractivity contribution in [2.24, 2.45) is 0 Å². The van der Waals surface area contributed by atoms with Gasteiger partial charge in [0.15, 0.2) is 0 Å². The van der Waals surface area contributed by atoms with Gasteiger partial charge in [-0.25, -0.2) is 0 Å². The van der Waals surface area contributed by atoms with Crippen molar-refractivity contribution in [2.45, 2.75) is 30.0 Å². The minimum atomic E-state index is -4.47. The number of rotatable bonds is 5. The van der Waals surface area contributed by atoms with E-state index in [2.05, 4.69) is 0 Å². The molecule has 132 valence electrons. The Morgan fingerprint density at radius 3 is 2.71 bits per heavy atom. The highest BCUT2D eigenvalue weighted by molar-refractivity contribution is 8.00. The summed E-state index contributed by atoms with van der Waals surface area (Å²) in [5.41, 5.74) is 0. The van der Waals surface area contributed by atoms with Crippen molar-refractivity contribution in [2.75, 3.05) is 18.8 Å². The first-order valence-electron chi connectivity index (χ1n) is 7.29. The number of likely N-dealkylation sites (tertiary alicyclic amines) is 1. The molecule has 0 aliphatic carbocycles. The number of halogens is 4. The van der Waals surface area contributed by atoms with Crippen LogP contribution in [0.1, 0.15) is 12.8 Å². The van der Waals surface area contributed by atoms with E-state index in [9.17, 15) is 22.8 Å². The molecule has 24 heavy (non-hydrogen) atoms. The van der Waals surface area contributed by atoms with Crippen LogP contribution in [-0.4, -0.2) is 47.8 Å². The maximum Gasteiger partial charge on any atom is 0.405 e. The molecule has 1 atom stereocenters. The van der Waals surface area contributed by atoms with Gasteiger partial charge in [0.2, 0.25) is 11.8 Å². The van der Waals surface area contributed by atoms with Crippen molar-refractivity contribution >= 4 is 35.2 Å². The fourth-order valence-electron chi connectivity index (χ4n) is 2.43. The van der Waals surface area contributed by atoms with Gasteiger partial charge in [-0.05, 0) is 25.0 Å². The Labute approximate surface area is 146 Å². The van der Waals surface area contributed by atoms with E-state index < -0.39 is 24.7 Å². The number of thioether (sulfide) groups is 1. The standard InChI is InChI=1S/C15H16ClF3N2O2S/c16-10-4-1-2-6-12(10)24-8-13(22)21-7-3-5-11(21)14(23)20-9-15(17,18)19/h1-2,4,6,11H,3,5,7-9H2,(H,20,23). The van der Waals surface area contributed by atoms with Gasteiger partial charge in [0.25, 0.3) is 0 Å². The zero-order chi connectivity index (χ0) is 17.7. The largest absolute Gasteiger partial charge is 0.405 e. The summed E-state index contributed by atoms with van der Waals surface area (Å²) in [5, 5.41) is 2.37. The monoisotopic (exact) mass is 380 g/mol. The van der Waals surface area contributed by atoms with E-state index in [1.165, 1.54) is 16.7 Å². The second-order valence-electron chi connectivity index (χ2n) is 5.30. The highest BCUT2D eigenvalue weighted by Crippen LogP contribution is 2.28. The number of hydrogen-bond acceptors (Lipinski definition) is 3. The second-order valence-corrected chi connectivity index (χ2v) is 6.72. The molecule has 4 nitrogen and oxygen atoms in total. The topological polar surface area (TPSA) is 49.4 Å². The van der Waals surface area contributed by atoms with E-state index in [4.69, 9.17) is 11.6 Å². The molecule has 0 saturated carbocycles. The van der Waals surface area contributed by atoms with Gasteiger partial charge in [-0.15, -0.1) is 11.8 Å². The van der Waals surface area contributed by atoms with Crippen LogP contribution in [0.3, 0.4) is 0 Å². The van der Waals surface area contributed by atoms with Crippen LogP contribution >= 0.6 is 23.4 Å². The van der Waals surface area contributed by atoms with Crippen molar-refractivity contribution in [3.63, 3.8) is 0 Å². The minimum Gasteiger partial charge on any atom is -0.345 e. The van der Waals surface area contributed by atoms with Crippen LogP contribution in [0.4, 0.5) is 13.2 Å². The summed E-state index contributed by atoms with van der Waals surface area (Å²) < 4.78 is 36.6. The lowest BCUT2D eigenvalue weighted by Crippen LogP contribution is -2.48. The highest BCUT2D eigenvalue weighted by atomic mass is 35.5. The molecule has 0 bridgehead atoms. The molecule has 1 heterocycles. The summed E-state index contributed by atoms with van der Waals surface area (Å²) in [5.74, 6) is -0.974. The molecule has 1 aromatic carbocycles. The Bertz CT molecular complexity index is 613. The van der Waals surface area contributed by atoms with Crippen molar-refractivity contribution in [3.05, 3.63) is 29.3 Å².